The molecule has 0 saturated heterocycles. The lowest BCUT2D eigenvalue weighted by Crippen LogP contribution is -2.14. The van der Waals surface area contributed by atoms with Crippen LogP contribution in [0.4, 0.5) is 17.1 Å². The molecule has 0 aliphatic carbocycles. The molecule has 2 N–H and O–H groups in total. The fraction of sp³-hybridized carbons (Fsp3) is 0.182. The highest BCUT2D eigenvalue weighted by atomic mass is 16.5. The third-order valence-electron chi connectivity index (χ3n) is 4.31. The molecule has 1 amide bonds. The van der Waals surface area contributed by atoms with Crippen LogP contribution in [-0.2, 0) is 0 Å². The first-order valence-electron chi connectivity index (χ1n) is 8.84. The first-order valence-corrected chi connectivity index (χ1v) is 8.84. The lowest BCUT2D eigenvalue weighted by atomic mass is 10.1. The molecule has 28 heavy (non-hydrogen) atoms. The number of anilines is 3. The summed E-state index contributed by atoms with van der Waals surface area (Å²) >= 11 is 0. The maximum atomic E-state index is 12.5. The van der Waals surface area contributed by atoms with Crippen LogP contribution in [0.1, 0.15) is 21.6 Å². The van der Waals surface area contributed by atoms with E-state index in [9.17, 15) is 4.79 Å². The average molecular weight is 377 g/mol. The largest absolute Gasteiger partial charge is 0.493 e. The van der Waals surface area contributed by atoms with Gasteiger partial charge in [0.05, 0.1) is 26.1 Å². The Labute approximate surface area is 164 Å². The van der Waals surface area contributed by atoms with Gasteiger partial charge >= 0.3 is 0 Å². The number of nitrogens with zero attached hydrogens (tertiary/aromatic N) is 1. The van der Waals surface area contributed by atoms with Crippen LogP contribution in [0.3, 0.4) is 0 Å². The maximum Gasteiger partial charge on any atom is 0.274 e. The van der Waals surface area contributed by atoms with Crippen molar-refractivity contribution in [2.24, 2.45) is 0 Å². The minimum absolute atomic E-state index is 0.244. The van der Waals surface area contributed by atoms with Crippen LogP contribution in [0.2, 0.25) is 0 Å². The molecule has 0 unspecified atom stereocenters. The molecule has 0 radical (unpaired) electrons. The Hall–Kier alpha value is -3.54. The summed E-state index contributed by atoms with van der Waals surface area (Å²) < 4.78 is 10.5. The van der Waals surface area contributed by atoms with Crippen LogP contribution < -0.4 is 20.1 Å². The van der Waals surface area contributed by atoms with Crippen LogP contribution in [0, 0.1) is 13.8 Å². The van der Waals surface area contributed by atoms with E-state index in [-0.39, 0.29) is 5.91 Å². The van der Waals surface area contributed by atoms with Gasteiger partial charge < -0.3 is 20.1 Å². The van der Waals surface area contributed by atoms with E-state index in [0.717, 1.165) is 28.2 Å². The van der Waals surface area contributed by atoms with E-state index in [1.54, 1.807) is 26.5 Å². The predicted molar refractivity (Wildman–Crippen MR) is 111 cm³/mol. The van der Waals surface area contributed by atoms with Gasteiger partial charge in [0, 0.05) is 17.4 Å². The SMILES string of the molecule is COc1ccc(Nc2ccc(C(=O)Nc3cc(C)ccc3C)nc2)cc1OC. The minimum Gasteiger partial charge on any atom is -0.493 e. The van der Waals surface area contributed by atoms with Crippen molar-refractivity contribution in [2.75, 3.05) is 24.9 Å². The second kappa shape index (κ2) is 8.43. The topological polar surface area (TPSA) is 72.5 Å². The zero-order valence-corrected chi connectivity index (χ0v) is 16.4. The lowest BCUT2D eigenvalue weighted by Gasteiger charge is -2.12. The van der Waals surface area contributed by atoms with Gasteiger partial charge in [-0.05, 0) is 55.3 Å². The van der Waals surface area contributed by atoms with E-state index in [1.807, 2.05) is 56.3 Å². The van der Waals surface area contributed by atoms with Gasteiger partial charge in [0.25, 0.3) is 5.91 Å². The highest BCUT2D eigenvalue weighted by Crippen LogP contribution is 2.31. The summed E-state index contributed by atoms with van der Waals surface area (Å²) in [6, 6.07) is 15.0. The number of aromatic nitrogens is 1. The first kappa shape index (κ1) is 19.2. The summed E-state index contributed by atoms with van der Waals surface area (Å²) in [6.07, 6.45) is 1.62. The van der Waals surface area contributed by atoms with Gasteiger partial charge in [-0.3, -0.25) is 4.79 Å². The number of rotatable bonds is 6. The number of carbonyl (C=O) groups excluding carboxylic acids is 1. The molecule has 0 saturated carbocycles. The van der Waals surface area contributed by atoms with Crippen LogP contribution in [-0.4, -0.2) is 25.1 Å². The summed E-state index contributed by atoms with van der Waals surface area (Å²) in [5.41, 5.74) is 4.81. The molecule has 3 rings (SSSR count). The number of pyridine rings is 1. The van der Waals surface area contributed by atoms with E-state index in [2.05, 4.69) is 15.6 Å². The number of ether oxygens (including phenoxy) is 2. The fourth-order valence-corrected chi connectivity index (χ4v) is 2.74. The van der Waals surface area contributed by atoms with Gasteiger partial charge in [0.1, 0.15) is 5.69 Å². The number of hydrogen-bond donors (Lipinski definition) is 2. The number of nitrogens with one attached hydrogen (secondary N) is 2. The molecular formula is C22H23N3O3. The smallest absolute Gasteiger partial charge is 0.274 e. The molecule has 0 atom stereocenters. The highest BCUT2D eigenvalue weighted by Gasteiger charge is 2.10. The van der Waals surface area contributed by atoms with Crippen molar-refractivity contribution in [1.29, 1.82) is 0 Å². The van der Waals surface area contributed by atoms with Crippen molar-refractivity contribution in [3.63, 3.8) is 0 Å². The maximum absolute atomic E-state index is 12.5. The summed E-state index contributed by atoms with van der Waals surface area (Å²) in [4.78, 5) is 16.7. The molecule has 0 bridgehead atoms. The van der Waals surface area contributed by atoms with Gasteiger partial charge in [-0.1, -0.05) is 12.1 Å². The lowest BCUT2D eigenvalue weighted by molar-refractivity contribution is 0.102. The van der Waals surface area contributed by atoms with E-state index < -0.39 is 0 Å². The van der Waals surface area contributed by atoms with Crippen molar-refractivity contribution in [3.8, 4) is 11.5 Å². The monoisotopic (exact) mass is 377 g/mol. The Morgan fingerprint density at radius 2 is 1.64 bits per heavy atom. The molecule has 0 fully saturated rings. The normalized spacial score (nSPS) is 10.3. The highest BCUT2D eigenvalue weighted by molar-refractivity contribution is 6.03. The second-order valence-corrected chi connectivity index (χ2v) is 6.40. The van der Waals surface area contributed by atoms with Gasteiger partial charge in [0.15, 0.2) is 11.5 Å². The first-order chi connectivity index (χ1) is 13.5. The molecule has 6 heteroatoms. The van der Waals surface area contributed by atoms with Crippen molar-refractivity contribution in [3.05, 3.63) is 71.5 Å². The minimum atomic E-state index is -0.244. The molecule has 0 aliphatic heterocycles. The standard InChI is InChI=1S/C22H23N3O3/c1-14-5-6-15(2)19(11-14)25-22(26)18-9-7-17(13-23-18)24-16-8-10-20(27-3)21(12-16)28-4/h5-13,24H,1-4H3,(H,25,26). The third-order valence-corrected chi connectivity index (χ3v) is 4.31. The number of carbonyl (C=O) groups is 1. The average Bonchev–Trinajstić information content (AvgIpc) is 2.71. The van der Waals surface area contributed by atoms with Crippen molar-refractivity contribution in [2.45, 2.75) is 13.8 Å². The van der Waals surface area contributed by atoms with Gasteiger partial charge in [-0.25, -0.2) is 4.98 Å². The van der Waals surface area contributed by atoms with Crippen molar-refractivity contribution < 1.29 is 14.3 Å². The Morgan fingerprint density at radius 3 is 2.32 bits per heavy atom. The number of methoxy groups -OCH3 is 2. The zero-order valence-electron chi connectivity index (χ0n) is 16.4. The number of amides is 1. The Balaban J connectivity index is 1.71. The summed E-state index contributed by atoms with van der Waals surface area (Å²) in [7, 11) is 3.18. The molecule has 2 aromatic carbocycles. The van der Waals surface area contributed by atoms with E-state index in [0.29, 0.717) is 17.2 Å². The van der Waals surface area contributed by atoms with Gasteiger partial charge in [-0.2, -0.15) is 0 Å². The third kappa shape index (κ3) is 4.40. The summed E-state index contributed by atoms with van der Waals surface area (Å²) in [6.45, 7) is 3.95. The molecule has 0 spiro atoms. The van der Waals surface area contributed by atoms with Crippen LogP contribution in [0.5, 0.6) is 11.5 Å². The van der Waals surface area contributed by atoms with Crippen LogP contribution in [0.15, 0.2) is 54.7 Å². The van der Waals surface area contributed by atoms with E-state index >= 15 is 0 Å². The molecule has 144 valence electrons. The van der Waals surface area contributed by atoms with Crippen LogP contribution in [0.25, 0.3) is 0 Å². The zero-order chi connectivity index (χ0) is 20.1. The van der Waals surface area contributed by atoms with Gasteiger partial charge in [-0.15, -0.1) is 0 Å². The molecular weight excluding hydrogens is 354 g/mol. The Kier molecular flexibility index (Phi) is 5.79. The predicted octanol–water partition coefficient (Wildman–Crippen LogP) is 4.71. The summed E-state index contributed by atoms with van der Waals surface area (Å²) in [5.74, 6) is 1.04. The number of aryl methyl sites for hydroxylation is 2. The van der Waals surface area contributed by atoms with Crippen molar-refractivity contribution in [1.82, 2.24) is 4.98 Å². The fourth-order valence-electron chi connectivity index (χ4n) is 2.74. The Morgan fingerprint density at radius 1 is 0.893 bits per heavy atom. The summed E-state index contributed by atoms with van der Waals surface area (Å²) in [5, 5.41) is 6.14. The molecule has 1 aromatic heterocycles. The number of hydrogen-bond acceptors (Lipinski definition) is 5. The van der Waals surface area contributed by atoms with E-state index in [4.69, 9.17) is 9.47 Å². The van der Waals surface area contributed by atoms with Gasteiger partial charge in [0.2, 0.25) is 0 Å². The second-order valence-electron chi connectivity index (χ2n) is 6.40. The number of benzene rings is 2. The van der Waals surface area contributed by atoms with E-state index in [1.165, 1.54) is 0 Å². The molecule has 1 heterocycles. The molecule has 6 nitrogen and oxygen atoms in total. The van der Waals surface area contributed by atoms with Crippen LogP contribution >= 0.6 is 0 Å². The van der Waals surface area contributed by atoms with Crippen molar-refractivity contribution >= 4 is 23.0 Å². The Bertz CT molecular complexity index is 985. The molecule has 3 aromatic rings. The molecule has 0 aliphatic rings. The quantitative estimate of drug-likeness (QED) is 0.651.